The number of amides is 4. The van der Waals surface area contributed by atoms with Gasteiger partial charge in [0, 0.05) is 63.2 Å². The number of ether oxygens (including phenoxy) is 2. The van der Waals surface area contributed by atoms with Crippen molar-refractivity contribution in [2.24, 2.45) is 17.3 Å². The van der Waals surface area contributed by atoms with Crippen LogP contribution in [0.25, 0.3) is 0 Å². The van der Waals surface area contributed by atoms with E-state index in [0.717, 1.165) is 5.56 Å². The number of nitrogens with zero attached hydrogens (tertiary/aromatic N) is 2. The molecule has 51 heavy (non-hydrogen) atoms. The van der Waals surface area contributed by atoms with E-state index in [1.807, 2.05) is 52.0 Å². The topological polar surface area (TPSA) is 150 Å². The molecule has 0 radical (unpaired) electrons. The number of carbonyl (C=O) groups is 4. The fourth-order valence-corrected chi connectivity index (χ4v) is 8.45. The van der Waals surface area contributed by atoms with Crippen molar-refractivity contribution in [2.75, 3.05) is 32.8 Å². The molecule has 7 atom stereocenters. The molecule has 4 aliphatic rings. The number of piperazine rings is 1. The second kappa shape index (κ2) is 16.0. The number of hydrogen-bond acceptors (Lipinski definition) is 7. The molecule has 3 heterocycles. The molecule has 0 bridgehead atoms. The summed E-state index contributed by atoms with van der Waals surface area (Å²) in [5, 5.41) is 18.2. The zero-order chi connectivity index (χ0) is 37.1. The summed E-state index contributed by atoms with van der Waals surface area (Å²) in [6, 6.07) is 4.22. The van der Waals surface area contributed by atoms with E-state index in [9.17, 15) is 33.1 Å². The highest BCUT2D eigenvalue weighted by Crippen LogP contribution is 2.39. The molecule has 1 unspecified atom stereocenters. The lowest BCUT2D eigenvalue weighted by Gasteiger charge is -2.46. The van der Waals surface area contributed by atoms with Crippen molar-refractivity contribution >= 4 is 23.8 Å². The number of hydrogen-bond donors (Lipinski definition) is 4. The van der Waals surface area contributed by atoms with Crippen molar-refractivity contribution in [3.8, 4) is 5.75 Å². The van der Waals surface area contributed by atoms with Crippen molar-refractivity contribution in [2.45, 2.75) is 122 Å². The Hall–Kier alpha value is -3.52. The Morgan fingerprint density at radius 2 is 1.75 bits per heavy atom. The molecular weight excluding hydrogens is 664 g/mol. The fraction of sp³-hybridized carbons (Fsp3) is 0.730. The van der Waals surface area contributed by atoms with Gasteiger partial charge in [0.25, 0.3) is 0 Å². The second-order valence-corrected chi connectivity index (χ2v) is 15.7. The summed E-state index contributed by atoms with van der Waals surface area (Å²) in [6.45, 7) is 11.2. The maximum absolute atomic E-state index is 14.9. The smallest absolute Gasteiger partial charge is 0.404 e. The van der Waals surface area contributed by atoms with Gasteiger partial charge in [-0.25, -0.2) is 13.6 Å². The highest BCUT2D eigenvalue weighted by atomic mass is 19.3. The lowest BCUT2D eigenvalue weighted by Crippen LogP contribution is -2.66. The lowest BCUT2D eigenvalue weighted by molar-refractivity contribution is -0.151. The predicted molar refractivity (Wildman–Crippen MR) is 185 cm³/mol. The summed E-state index contributed by atoms with van der Waals surface area (Å²) < 4.78 is 40.6. The van der Waals surface area contributed by atoms with Gasteiger partial charge in [0.15, 0.2) is 0 Å². The Balaban J connectivity index is 1.45. The van der Waals surface area contributed by atoms with Gasteiger partial charge in [-0.3, -0.25) is 19.3 Å². The molecule has 5 rings (SSSR count). The summed E-state index contributed by atoms with van der Waals surface area (Å²) in [4.78, 5) is 58.8. The maximum atomic E-state index is 14.9. The van der Waals surface area contributed by atoms with Crippen LogP contribution in [0.2, 0.25) is 0 Å². The monoisotopic (exact) mass is 719 g/mol. The van der Waals surface area contributed by atoms with E-state index in [4.69, 9.17) is 9.47 Å². The average molecular weight is 720 g/mol. The minimum atomic E-state index is -2.87. The molecule has 4 amide bonds. The molecule has 1 aromatic carbocycles. The van der Waals surface area contributed by atoms with Gasteiger partial charge in [0.05, 0.1) is 24.7 Å². The van der Waals surface area contributed by atoms with Crippen LogP contribution < -0.4 is 20.7 Å². The molecule has 12 nitrogen and oxygen atoms in total. The summed E-state index contributed by atoms with van der Waals surface area (Å²) in [5.74, 6) is -4.96. The van der Waals surface area contributed by atoms with Crippen LogP contribution in [0.3, 0.4) is 0 Å². The van der Waals surface area contributed by atoms with Gasteiger partial charge in [-0.15, -0.1) is 0 Å². The van der Waals surface area contributed by atoms with Crippen molar-refractivity contribution in [1.82, 2.24) is 25.8 Å². The third-order valence-electron chi connectivity index (χ3n) is 11.1. The minimum Gasteiger partial charge on any atom is -0.493 e. The summed E-state index contributed by atoms with van der Waals surface area (Å²) >= 11 is 0. The van der Waals surface area contributed by atoms with Crippen molar-refractivity contribution < 1.29 is 42.5 Å². The Kier molecular flexibility index (Phi) is 12.2. The zero-order valence-corrected chi connectivity index (χ0v) is 30.5. The Labute approximate surface area is 299 Å². The molecule has 3 fully saturated rings. The number of alkyl halides is 2. The normalized spacial score (nSPS) is 26.8. The van der Waals surface area contributed by atoms with E-state index in [2.05, 4.69) is 20.9 Å². The molecule has 1 saturated carbocycles. The van der Waals surface area contributed by atoms with E-state index in [1.54, 1.807) is 11.8 Å². The summed E-state index contributed by atoms with van der Waals surface area (Å²) in [5.41, 5.74) is 0.202. The van der Waals surface area contributed by atoms with Gasteiger partial charge >= 0.3 is 6.09 Å². The first kappa shape index (κ1) is 38.7. The van der Waals surface area contributed by atoms with Gasteiger partial charge in [-0.1, -0.05) is 45.9 Å². The van der Waals surface area contributed by atoms with E-state index in [0.29, 0.717) is 38.3 Å². The van der Waals surface area contributed by atoms with Gasteiger partial charge in [-0.2, -0.15) is 0 Å². The highest BCUT2D eigenvalue weighted by Gasteiger charge is 2.49. The zero-order valence-electron chi connectivity index (χ0n) is 30.5. The number of carbonyl (C=O) groups excluding carboxylic acids is 3. The number of fused-ring (bicyclic) bond motifs is 2. The summed E-state index contributed by atoms with van der Waals surface area (Å²) in [7, 11) is 0. The first-order chi connectivity index (χ1) is 24.1. The molecule has 0 aromatic heterocycles. The molecule has 4 N–H and O–H groups in total. The second-order valence-electron chi connectivity index (χ2n) is 15.7. The van der Waals surface area contributed by atoms with E-state index in [-0.39, 0.29) is 56.4 Å². The van der Waals surface area contributed by atoms with Crippen molar-refractivity contribution in [3.05, 3.63) is 29.8 Å². The maximum Gasteiger partial charge on any atom is 0.404 e. The standard InChI is InChI=1S/C37H55F2N5O7/c1-6-25(31(36(3,4)5)42-35(48)49)32(45)41-30(22-12-15-37(38,39)16-13-22)34(47)44-19-23-18-24(50-7-2)20-43(23)21-28(44)33(46)40-27-14-17-51-29-11-9-8-10-26(27)29/h8-11,22-25,27-28,30-31,42H,6-7,12-21H2,1-5H3,(H,40,46)(H,41,45)(H,48,49)/t23-,24-,25+,27-,28+,30+,31?/m1/s1. The van der Waals surface area contributed by atoms with Gasteiger partial charge in [0.2, 0.25) is 23.6 Å². The molecule has 2 saturated heterocycles. The Morgan fingerprint density at radius 1 is 1.04 bits per heavy atom. The van der Waals surface area contributed by atoms with Crippen LogP contribution in [0.5, 0.6) is 5.75 Å². The van der Waals surface area contributed by atoms with Crippen LogP contribution in [0.1, 0.15) is 91.2 Å². The van der Waals surface area contributed by atoms with E-state index < -0.39 is 72.0 Å². The number of para-hydroxylation sites is 1. The third-order valence-corrected chi connectivity index (χ3v) is 11.1. The molecule has 284 valence electrons. The predicted octanol–water partition coefficient (Wildman–Crippen LogP) is 4.34. The van der Waals surface area contributed by atoms with Gasteiger partial charge in [-0.05, 0) is 50.0 Å². The molecule has 3 aliphatic heterocycles. The van der Waals surface area contributed by atoms with Crippen LogP contribution in [0.15, 0.2) is 24.3 Å². The number of rotatable bonds is 11. The fourth-order valence-electron chi connectivity index (χ4n) is 8.45. The molecule has 1 aromatic rings. The van der Waals surface area contributed by atoms with Gasteiger partial charge < -0.3 is 35.4 Å². The van der Waals surface area contributed by atoms with Crippen molar-refractivity contribution in [3.63, 3.8) is 0 Å². The first-order valence-electron chi connectivity index (χ1n) is 18.5. The van der Waals surface area contributed by atoms with Crippen LogP contribution in [0.4, 0.5) is 13.6 Å². The number of halogens is 2. The Bertz CT molecular complexity index is 1410. The SMILES string of the molecule is CCO[C@@H]1C[C@@H]2CN(C(=O)[C@@H](NC(=O)[C@@H](CC)C(NC(=O)O)C(C)(C)C)C3CCC(F)(F)CC3)[C@H](C(=O)N[C@@H]3CCOc4ccccc43)CN2C1. The first-order valence-corrected chi connectivity index (χ1v) is 18.5. The lowest BCUT2D eigenvalue weighted by atomic mass is 9.76. The highest BCUT2D eigenvalue weighted by molar-refractivity contribution is 5.93. The number of benzene rings is 1. The molecule has 0 spiro atoms. The number of nitrogens with one attached hydrogen (secondary N) is 3. The van der Waals surface area contributed by atoms with Crippen molar-refractivity contribution in [1.29, 1.82) is 0 Å². The third kappa shape index (κ3) is 9.11. The quantitative estimate of drug-likeness (QED) is 0.264. The van der Waals surface area contributed by atoms with Crippen LogP contribution in [-0.2, 0) is 19.1 Å². The van der Waals surface area contributed by atoms with E-state index >= 15 is 0 Å². The van der Waals surface area contributed by atoms with E-state index in [1.165, 1.54) is 0 Å². The minimum absolute atomic E-state index is 0.0160. The Morgan fingerprint density at radius 3 is 2.39 bits per heavy atom. The number of carboxylic acid groups (broad SMARTS) is 1. The van der Waals surface area contributed by atoms with Crippen LogP contribution in [-0.4, -0.2) is 108 Å². The average Bonchev–Trinajstić information content (AvgIpc) is 3.47. The van der Waals surface area contributed by atoms with Gasteiger partial charge in [0.1, 0.15) is 17.8 Å². The van der Waals surface area contributed by atoms with Crippen LogP contribution >= 0.6 is 0 Å². The van der Waals surface area contributed by atoms with Crippen LogP contribution in [0, 0.1) is 17.3 Å². The molecule has 14 heteroatoms. The molecule has 1 aliphatic carbocycles. The molecular formula is C37H55F2N5O7. The summed E-state index contributed by atoms with van der Waals surface area (Å²) in [6.07, 6.45) is -0.646. The largest absolute Gasteiger partial charge is 0.493 e.